The predicted molar refractivity (Wildman–Crippen MR) is 91.1 cm³/mol. The van der Waals surface area contributed by atoms with E-state index in [1.54, 1.807) is 24.3 Å². The maximum Gasteiger partial charge on any atom is 0.330 e. The highest BCUT2D eigenvalue weighted by molar-refractivity contribution is 5.86. The van der Waals surface area contributed by atoms with Gasteiger partial charge >= 0.3 is 5.97 Å². The van der Waals surface area contributed by atoms with Crippen molar-refractivity contribution < 1.29 is 19.4 Å². The van der Waals surface area contributed by atoms with E-state index in [1.807, 2.05) is 32.0 Å². The smallest absolute Gasteiger partial charge is 0.330 e. The van der Waals surface area contributed by atoms with Crippen LogP contribution in [-0.2, 0) is 16.0 Å². The van der Waals surface area contributed by atoms with E-state index in [4.69, 9.17) is 4.74 Å². The molecule has 2 N–H and O–H groups in total. The molecule has 0 heterocycles. The Kier molecular flexibility index (Phi) is 5.58. The van der Waals surface area contributed by atoms with E-state index in [2.05, 4.69) is 5.32 Å². The van der Waals surface area contributed by atoms with Gasteiger partial charge in [0.2, 0.25) is 5.91 Å². The van der Waals surface area contributed by atoms with Gasteiger partial charge in [0.15, 0.2) is 6.04 Å². The van der Waals surface area contributed by atoms with Crippen LogP contribution in [0.3, 0.4) is 0 Å². The van der Waals surface area contributed by atoms with Crippen LogP contribution in [0.1, 0.15) is 28.3 Å². The van der Waals surface area contributed by atoms with Gasteiger partial charge in [-0.3, -0.25) is 4.79 Å². The van der Waals surface area contributed by atoms with Crippen molar-refractivity contribution in [1.29, 1.82) is 0 Å². The van der Waals surface area contributed by atoms with Crippen molar-refractivity contribution in [1.82, 2.24) is 5.32 Å². The molecular formula is C19H21NO4. The van der Waals surface area contributed by atoms with Gasteiger partial charge in [-0.2, -0.15) is 0 Å². The number of carbonyl (C=O) groups excluding carboxylic acids is 1. The van der Waals surface area contributed by atoms with Gasteiger partial charge < -0.3 is 15.2 Å². The van der Waals surface area contributed by atoms with Crippen LogP contribution in [0, 0.1) is 13.8 Å². The SMILES string of the molecule is COc1ccccc1CC(=O)NC(C(=O)O)c1ccc(C)c(C)c1. The highest BCUT2D eigenvalue weighted by Gasteiger charge is 2.23. The number of methoxy groups -OCH3 is 1. The van der Waals surface area contributed by atoms with Gasteiger partial charge in [0.05, 0.1) is 13.5 Å². The minimum atomic E-state index is -1.09. The second kappa shape index (κ2) is 7.64. The Morgan fingerprint density at radius 2 is 1.83 bits per heavy atom. The second-order valence-corrected chi connectivity index (χ2v) is 5.67. The zero-order valence-electron chi connectivity index (χ0n) is 14.0. The van der Waals surface area contributed by atoms with Crippen LogP contribution in [0.15, 0.2) is 42.5 Å². The van der Waals surface area contributed by atoms with Crippen molar-refractivity contribution in [3.63, 3.8) is 0 Å². The molecule has 1 atom stereocenters. The first-order valence-electron chi connectivity index (χ1n) is 7.63. The van der Waals surface area contributed by atoms with Gasteiger partial charge in [0.25, 0.3) is 0 Å². The van der Waals surface area contributed by atoms with Crippen LogP contribution in [0.2, 0.25) is 0 Å². The number of benzene rings is 2. The summed E-state index contributed by atoms with van der Waals surface area (Å²) < 4.78 is 5.22. The number of rotatable bonds is 6. The maximum absolute atomic E-state index is 12.3. The average Bonchev–Trinajstić information content (AvgIpc) is 2.55. The van der Waals surface area contributed by atoms with Gasteiger partial charge in [0.1, 0.15) is 5.75 Å². The molecule has 1 amide bonds. The molecule has 126 valence electrons. The molecule has 0 spiro atoms. The Bertz CT molecular complexity index is 755. The monoisotopic (exact) mass is 327 g/mol. The summed E-state index contributed by atoms with van der Waals surface area (Å²) in [6.45, 7) is 3.86. The van der Waals surface area contributed by atoms with Crippen molar-refractivity contribution in [2.45, 2.75) is 26.3 Å². The molecular weight excluding hydrogens is 306 g/mol. The molecule has 0 aromatic heterocycles. The third-order valence-electron chi connectivity index (χ3n) is 3.96. The van der Waals surface area contributed by atoms with Gasteiger partial charge in [0, 0.05) is 5.56 Å². The van der Waals surface area contributed by atoms with Gasteiger partial charge in [-0.25, -0.2) is 4.79 Å². The Morgan fingerprint density at radius 3 is 2.46 bits per heavy atom. The summed E-state index contributed by atoms with van der Waals surface area (Å²) in [7, 11) is 1.53. The fourth-order valence-electron chi connectivity index (χ4n) is 2.47. The Labute approximate surface area is 141 Å². The van der Waals surface area contributed by atoms with Crippen molar-refractivity contribution in [2.75, 3.05) is 7.11 Å². The molecule has 0 aliphatic rings. The number of nitrogens with one attached hydrogen (secondary N) is 1. The van der Waals surface area contributed by atoms with Gasteiger partial charge in [-0.05, 0) is 36.6 Å². The second-order valence-electron chi connectivity index (χ2n) is 5.67. The first-order chi connectivity index (χ1) is 11.4. The molecule has 0 aliphatic heterocycles. The molecule has 5 nitrogen and oxygen atoms in total. The van der Waals surface area contributed by atoms with E-state index in [9.17, 15) is 14.7 Å². The number of para-hydroxylation sites is 1. The Hall–Kier alpha value is -2.82. The van der Waals surface area contributed by atoms with E-state index in [-0.39, 0.29) is 12.3 Å². The lowest BCUT2D eigenvalue weighted by Gasteiger charge is -2.17. The molecule has 2 rings (SSSR count). The van der Waals surface area contributed by atoms with Crippen LogP contribution in [0.5, 0.6) is 5.75 Å². The quantitative estimate of drug-likeness (QED) is 0.855. The standard InChI is InChI=1S/C19H21NO4/c1-12-8-9-15(10-13(12)2)18(19(22)23)20-17(21)11-14-6-4-5-7-16(14)24-3/h4-10,18H,11H2,1-3H3,(H,20,21)(H,22,23). The third kappa shape index (κ3) is 4.13. The number of hydrogen-bond acceptors (Lipinski definition) is 3. The van der Waals surface area contributed by atoms with Crippen LogP contribution in [-0.4, -0.2) is 24.1 Å². The van der Waals surface area contributed by atoms with Crippen LogP contribution in [0.25, 0.3) is 0 Å². The molecule has 0 radical (unpaired) electrons. The van der Waals surface area contributed by atoms with Gasteiger partial charge in [-0.1, -0.05) is 36.4 Å². The number of ether oxygens (including phenoxy) is 1. The van der Waals surface area contributed by atoms with Gasteiger partial charge in [-0.15, -0.1) is 0 Å². The number of carboxylic acid groups (broad SMARTS) is 1. The van der Waals surface area contributed by atoms with E-state index in [0.717, 1.165) is 11.1 Å². The number of carboxylic acids is 1. The minimum Gasteiger partial charge on any atom is -0.496 e. The fourth-order valence-corrected chi connectivity index (χ4v) is 2.47. The largest absolute Gasteiger partial charge is 0.496 e. The Morgan fingerprint density at radius 1 is 1.12 bits per heavy atom. The normalized spacial score (nSPS) is 11.6. The highest BCUT2D eigenvalue weighted by atomic mass is 16.5. The van der Waals surface area contributed by atoms with Crippen molar-refractivity contribution in [2.24, 2.45) is 0 Å². The summed E-state index contributed by atoms with van der Waals surface area (Å²) in [6.07, 6.45) is 0.0542. The van der Waals surface area contributed by atoms with E-state index >= 15 is 0 Å². The molecule has 2 aromatic rings. The molecule has 1 unspecified atom stereocenters. The molecule has 5 heteroatoms. The number of hydrogen-bond donors (Lipinski definition) is 2. The summed E-state index contributed by atoms with van der Waals surface area (Å²) in [5.74, 6) is -0.859. The summed E-state index contributed by atoms with van der Waals surface area (Å²) in [6, 6.07) is 11.5. The molecule has 0 saturated carbocycles. The summed E-state index contributed by atoms with van der Waals surface area (Å²) >= 11 is 0. The summed E-state index contributed by atoms with van der Waals surface area (Å²) in [4.78, 5) is 23.9. The lowest BCUT2D eigenvalue weighted by Crippen LogP contribution is -2.34. The average molecular weight is 327 g/mol. The van der Waals surface area contributed by atoms with E-state index in [1.165, 1.54) is 7.11 Å². The number of aliphatic carboxylic acids is 1. The maximum atomic E-state index is 12.3. The number of aryl methyl sites for hydroxylation is 2. The third-order valence-corrected chi connectivity index (χ3v) is 3.96. The lowest BCUT2D eigenvalue weighted by molar-refractivity contribution is -0.141. The van der Waals surface area contributed by atoms with Crippen molar-refractivity contribution in [3.8, 4) is 5.75 Å². The first-order valence-corrected chi connectivity index (χ1v) is 7.63. The van der Waals surface area contributed by atoms with Crippen LogP contribution >= 0.6 is 0 Å². The summed E-state index contributed by atoms with van der Waals surface area (Å²) in [5.41, 5.74) is 3.32. The van der Waals surface area contributed by atoms with Crippen molar-refractivity contribution >= 4 is 11.9 Å². The zero-order valence-corrected chi connectivity index (χ0v) is 14.0. The first kappa shape index (κ1) is 17.5. The van der Waals surface area contributed by atoms with Crippen molar-refractivity contribution in [3.05, 3.63) is 64.7 Å². The molecule has 0 saturated heterocycles. The number of carbonyl (C=O) groups is 2. The predicted octanol–water partition coefficient (Wildman–Crippen LogP) is 2.80. The lowest BCUT2D eigenvalue weighted by atomic mass is 10.0. The van der Waals surface area contributed by atoms with Crippen LogP contribution < -0.4 is 10.1 Å². The highest BCUT2D eigenvalue weighted by Crippen LogP contribution is 2.20. The van der Waals surface area contributed by atoms with E-state index < -0.39 is 12.0 Å². The van der Waals surface area contributed by atoms with Crippen LogP contribution in [0.4, 0.5) is 0 Å². The minimum absolute atomic E-state index is 0.0542. The molecule has 0 aliphatic carbocycles. The molecule has 2 aromatic carbocycles. The topological polar surface area (TPSA) is 75.6 Å². The number of amides is 1. The Balaban J connectivity index is 2.17. The molecule has 0 fully saturated rings. The fraction of sp³-hybridized carbons (Fsp3) is 0.263. The van der Waals surface area contributed by atoms with E-state index in [0.29, 0.717) is 16.9 Å². The molecule has 0 bridgehead atoms. The zero-order chi connectivity index (χ0) is 17.7. The summed E-state index contributed by atoms with van der Waals surface area (Å²) in [5, 5.41) is 12.0. The molecule has 24 heavy (non-hydrogen) atoms.